The topological polar surface area (TPSA) is 53.8 Å². The Labute approximate surface area is 78.5 Å². The summed E-state index contributed by atoms with van der Waals surface area (Å²) in [4.78, 5) is 14.3. The summed E-state index contributed by atoms with van der Waals surface area (Å²) in [5.41, 5.74) is 0.0285. The summed E-state index contributed by atoms with van der Waals surface area (Å²) in [7, 11) is 0. The highest BCUT2D eigenvalue weighted by atomic mass is 35.5. The van der Waals surface area contributed by atoms with Gasteiger partial charge in [-0.25, -0.2) is 4.98 Å². The number of aromatic nitrogens is 1. The molecule has 0 aliphatic rings. The zero-order chi connectivity index (χ0) is 9.14. The van der Waals surface area contributed by atoms with Gasteiger partial charge in [0.1, 0.15) is 17.5 Å². The molecule has 1 aromatic rings. The molecule has 0 saturated heterocycles. The molecular formula is C7H2Cl2N2O. The Balaban J connectivity index is 3.28. The minimum absolute atomic E-state index is 0.0858. The molecule has 0 spiro atoms. The SMILES string of the molecule is N#Cc1ccc(Cl)c(C(=O)Cl)n1. The molecule has 5 heteroatoms. The molecule has 12 heavy (non-hydrogen) atoms. The van der Waals surface area contributed by atoms with Crippen molar-refractivity contribution in [2.24, 2.45) is 0 Å². The fourth-order valence-corrected chi connectivity index (χ4v) is 1.03. The van der Waals surface area contributed by atoms with E-state index in [1.54, 1.807) is 6.07 Å². The van der Waals surface area contributed by atoms with Crippen molar-refractivity contribution in [3.05, 3.63) is 28.5 Å². The lowest BCUT2D eigenvalue weighted by molar-refractivity contribution is 0.107. The summed E-state index contributed by atoms with van der Waals surface area (Å²) in [5.74, 6) is 0. The predicted molar refractivity (Wildman–Crippen MR) is 44.1 cm³/mol. The number of pyridine rings is 1. The molecule has 3 nitrogen and oxygen atoms in total. The first-order valence-corrected chi connectivity index (χ1v) is 3.67. The zero-order valence-corrected chi connectivity index (χ0v) is 7.23. The summed E-state index contributed by atoms with van der Waals surface area (Å²) in [6, 6.07) is 4.58. The fraction of sp³-hybridized carbons (Fsp3) is 0. The van der Waals surface area contributed by atoms with Gasteiger partial charge < -0.3 is 0 Å². The Morgan fingerprint density at radius 3 is 2.75 bits per heavy atom. The molecule has 1 aromatic heterocycles. The first-order chi connectivity index (χ1) is 5.65. The lowest BCUT2D eigenvalue weighted by atomic mass is 10.3. The van der Waals surface area contributed by atoms with Gasteiger partial charge in [0, 0.05) is 0 Å². The third kappa shape index (κ3) is 1.73. The van der Waals surface area contributed by atoms with Crippen molar-refractivity contribution in [1.29, 1.82) is 5.26 Å². The highest BCUT2D eigenvalue weighted by Crippen LogP contribution is 2.15. The second-order valence-corrected chi connectivity index (χ2v) is 2.66. The Morgan fingerprint density at radius 1 is 1.58 bits per heavy atom. The average Bonchev–Trinajstić information content (AvgIpc) is 2.05. The number of carbonyl (C=O) groups is 1. The van der Waals surface area contributed by atoms with Crippen LogP contribution in [0.25, 0.3) is 0 Å². The quantitative estimate of drug-likeness (QED) is 0.652. The Morgan fingerprint density at radius 2 is 2.25 bits per heavy atom. The van der Waals surface area contributed by atoms with E-state index in [9.17, 15) is 4.79 Å². The van der Waals surface area contributed by atoms with Crippen molar-refractivity contribution in [2.45, 2.75) is 0 Å². The number of rotatable bonds is 1. The summed E-state index contributed by atoms with van der Waals surface area (Å²) >= 11 is 10.7. The van der Waals surface area contributed by atoms with Gasteiger partial charge in [0.15, 0.2) is 0 Å². The molecule has 0 fully saturated rings. The van der Waals surface area contributed by atoms with Crippen molar-refractivity contribution in [2.75, 3.05) is 0 Å². The fourth-order valence-electron chi connectivity index (χ4n) is 0.642. The van der Waals surface area contributed by atoms with Gasteiger partial charge in [0.2, 0.25) is 0 Å². The van der Waals surface area contributed by atoms with Crippen molar-refractivity contribution >= 4 is 28.4 Å². The van der Waals surface area contributed by atoms with Crippen LogP contribution in [0.4, 0.5) is 0 Å². The molecule has 0 atom stereocenters. The first-order valence-electron chi connectivity index (χ1n) is 2.91. The second-order valence-electron chi connectivity index (χ2n) is 1.91. The van der Waals surface area contributed by atoms with Gasteiger partial charge in [-0.1, -0.05) is 11.6 Å². The number of nitrogens with zero attached hydrogens (tertiary/aromatic N) is 2. The van der Waals surface area contributed by atoms with Crippen molar-refractivity contribution in [3.8, 4) is 6.07 Å². The van der Waals surface area contributed by atoms with Crippen LogP contribution in [0.2, 0.25) is 5.02 Å². The van der Waals surface area contributed by atoms with Gasteiger partial charge in [0.25, 0.3) is 5.24 Å². The smallest absolute Gasteiger partial charge is 0.272 e. The van der Waals surface area contributed by atoms with E-state index in [0.29, 0.717) is 0 Å². The molecule has 60 valence electrons. The highest BCUT2D eigenvalue weighted by molar-refractivity contribution is 6.68. The van der Waals surface area contributed by atoms with Crippen LogP contribution in [0.1, 0.15) is 16.2 Å². The maximum absolute atomic E-state index is 10.6. The molecule has 0 aliphatic carbocycles. The van der Waals surface area contributed by atoms with Crippen LogP contribution in [0.5, 0.6) is 0 Å². The molecule has 0 amide bonds. The van der Waals surface area contributed by atoms with Gasteiger partial charge in [-0.3, -0.25) is 4.79 Å². The number of hydrogen-bond acceptors (Lipinski definition) is 3. The van der Waals surface area contributed by atoms with E-state index in [4.69, 9.17) is 28.5 Å². The van der Waals surface area contributed by atoms with Crippen LogP contribution < -0.4 is 0 Å². The molecule has 0 N–H and O–H groups in total. The standard InChI is InChI=1S/C7H2Cl2N2O/c8-5-2-1-4(3-10)11-6(5)7(9)12/h1-2H. The molecule has 0 aliphatic heterocycles. The van der Waals surface area contributed by atoms with Crippen LogP contribution in [-0.2, 0) is 0 Å². The van der Waals surface area contributed by atoms with Crippen LogP contribution in [-0.4, -0.2) is 10.2 Å². The third-order valence-electron chi connectivity index (χ3n) is 1.15. The van der Waals surface area contributed by atoms with Gasteiger partial charge in [0.05, 0.1) is 5.02 Å². The molecule has 1 rings (SSSR count). The molecule has 0 bridgehead atoms. The molecule has 0 aromatic carbocycles. The van der Waals surface area contributed by atoms with Crippen molar-refractivity contribution in [1.82, 2.24) is 4.98 Å². The lowest BCUT2D eigenvalue weighted by Gasteiger charge is -1.95. The first kappa shape index (κ1) is 8.98. The number of carbonyl (C=O) groups excluding carboxylic acids is 1. The second kappa shape index (κ2) is 3.53. The summed E-state index contributed by atoms with van der Waals surface area (Å²) < 4.78 is 0. The van der Waals surface area contributed by atoms with Crippen LogP contribution in [0.3, 0.4) is 0 Å². The summed E-state index contributed by atoms with van der Waals surface area (Å²) in [5, 5.41) is 7.81. The lowest BCUT2D eigenvalue weighted by Crippen LogP contribution is -1.97. The molecular weight excluding hydrogens is 199 g/mol. The minimum Gasteiger partial charge on any atom is -0.274 e. The van der Waals surface area contributed by atoms with E-state index in [2.05, 4.69) is 4.98 Å². The third-order valence-corrected chi connectivity index (χ3v) is 1.63. The van der Waals surface area contributed by atoms with Gasteiger partial charge in [-0.2, -0.15) is 5.26 Å². The number of hydrogen-bond donors (Lipinski definition) is 0. The molecule has 0 saturated carbocycles. The van der Waals surface area contributed by atoms with E-state index in [1.807, 2.05) is 0 Å². The summed E-state index contributed by atoms with van der Waals surface area (Å²) in [6.07, 6.45) is 0. The van der Waals surface area contributed by atoms with Gasteiger partial charge in [-0.15, -0.1) is 0 Å². The van der Waals surface area contributed by atoms with Crippen LogP contribution in [0, 0.1) is 11.3 Å². The zero-order valence-electron chi connectivity index (χ0n) is 5.71. The van der Waals surface area contributed by atoms with Crippen molar-refractivity contribution in [3.63, 3.8) is 0 Å². The Kier molecular flexibility index (Phi) is 2.64. The van der Waals surface area contributed by atoms with E-state index in [0.717, 1.165) is 0 Å². The van der Waals surface area contributed by atoms with E-state index < -0.39 is 5.24 Å². The van der Waals surface area contributed by atoms with E-state index >= 15 is 0 Å². The molecule has 0 radical (unpaired) electrons. The number of halogens is 2. The Bertz CT molecular complexity index is 370. The average molecular weight is 201 g/mol. The highest BCUT2D eigenvalue weighted by Gasteiger charge is 2.09. The minimum atomic E-state index is -0.767. The normalized spacial score (nSPS) is 9.08. The van der Waals surface area contributed by atoms with Crippen LogP contribution >= 0.6 is 23.2 Å². The number of nitriles is 1. The van der Waals surface area contributed by atoms with Crippen molar-refractivity contribution < 1.29 is 4.79 Å². The van der Waals surface area contributed by atoms with E-state index in [1.165, 1.54) is 12.1 Å². The predicted octanol–water partition coefficient (Wildman–Crippen LogP) is 1.99. The maximum atomic E-state index is 10.6. The van der Waals surface area contributed by atoms with Gasteiger partial charge in [-0.05, 0) is 23.7 Å². The molecule has 1 heterocycles. The van der Waals surface area contributed by atoms with E-state index in [-0.39, 0.29) is 16.4 Å². The Hall–Kier alpha value is -1.11. The van der Waals surface area contributed by atoms with Crippen LogP contribution in [0.15, 0.2) is 12.1 Å². The molecule has 0 unspecified atom stereocenters. The largest absolute Gasteiger partial charge is 0.274 e. The maximum Gasteiger partial charge on any atom is 0.272 e. The monoisotopic (exact) mass is 200 g/mol. The van der Waals surface area contributed by atoms with Gasteiger partial charge >= 0.3 is 0 Å². The summed E-state index contributed by atoms with van der Waals surface area (Å²) in [6.45, 7) is 0.